The molecule has 0 N–H and O–H groups in total. The van der Waals surface area contributed by atoms with Gasteiger partial charge in [-0.2, -0.15) is 4.37 Å². The van der Waals surface area contributed by atoms with E-state index in [4.69, 9.17) is 4.74 Å². The van der Waals surface area contributed by atoms with Crippen molar-refractivity contribution in [3.63, 3.8) is 0 Å². The number of nitrogens with zero attached hydrogens (tertiary/aromatic N) is 4. The third-order valence-electron chi connectivity index (χ3n) is 3.97. The molecule has 1 aromatic rings. The first-order chi connectivity index (χ1) is 9.36. The molecule has 0 unspecified atom stereocenters. The van der Waals surface area contributed by atoms with Crippen LogP contribution in [0.15, 0.2) is 0 Å². The number of aromatic nitrogens is 2. The molecule has 1 aromatic heterocycles. The molecule has 0 aromatic carbocycles. The summed E-state index contributed by atoms with van der Waals surface area (Å²) in [7, 11) is 0. The van der Waals surface area contributed by atoms with Crippen molar-refractivity contribution in [1.82, 2.24) is 14.3 Å². The topological polar surface area (TPSA) is 41.5 Å². The van der Waals surface area contributed by atoms with Crippen LogP contribution in [-0.2, 0) is 11.2 Å². The molecule has 2 aliphatic heterocycles. The van der Waals surface area contributed by atoms with Crippen molar-refractivity contribution in [2.75, 3.05) is 44.3 Å². The SMILES string of the molecule is CCc1nsc(N2CCC[C@@H]2CN2CCOCC2)n1. The Morgan fingerprint density at radius 3 is 2.89 bits per heavy atom. The molecule has 2 aliphatic rings. The van der Waals surface area contributed by atoms with Crippen molar-refractivity contribution < 1.29 is 4.74 Å². The number of aryl methyl sites for hydroxylation is 1. The van der Waals surface area contributed by atoms with Crippen LogP contribution < -0.4 is 4.90 Å². The summed E-state index contributed by atoms with van der Waals surface area (Å²) in [5.74, 6) is 0.983. The normalized spacial score (nSPS) is 25.1. The number of ether oxygens (including phenoxy) is 1. The molecule has 106 valence electrons. The second-order valence-corrected chi connectivity index (χ2v) is 5.98. The minimum Gasteiger partial charge on any atom is -0.379 e. The van der Waals surface area contributed by atoms with E-state index in [0.29, 0.717) is 6.04 Å². The molecule has 3 rings (SSSR count). The number of anilines is 1. The maximum Gasteiger partial charge on any atom is 0.205 e. The molecule has 6 heteroatoms. The predicted octanol–water partition coefficient (Wildman–Crippen LogP) is 1.40. The lowest BCUT2D eigenvalue weighted by molar-refractivity contribution is 0.0355. The van der Waals surface area contributed by atoms with Crippen molar-refractivity contribution in [3.05, 3.63) is 5.82 Å². The van der Waals surface area contributed by atoms with Crippen LogP contribution in [0, 0.1) is 0 Å². The van der Waals surface area contributed by atoms with Gasteiger partial charge in [0.05, 0.1) is 13.2 Å². The van der Waals surface area contributed by atoms with Crippen LogP contribution in [0.25, 0.3) is 0 Å². The molecule has 0 aliphatic carbocycles. The van der Waals surface area contributed by atoms with Gasteiger partial charge >= 0.3 is 0 Å². The standard InChI is InChI=1S/C13H22N4OS/c1-2-12-14-13(19-15-12)17-5-3-4-11(17)10-16-6-8-18-9-7-16/h11H,2-10H2,1H3/t11-/m1/s1. The van der Waals surface area contributed by atoms with Gasteiger partial charge in [0.25, 0.3) is 0 Å². The molecule has 0 spiro atoms. The molecule has 0 amide bonds. The Balaban J connectivity index is 1.63. The van der Waals surface area contributed by atoms with Crippen molar-refractivity contribution >= 4 is 16.7 Å². The summed E-state index contributed by atoms with van der Waals surface area (Å²) < 4.78 is 9.83. The highest BCUT2D eigenvalue weighted by molar-refractivity contribution is 7.09. The van der Waals surface area contributed by atoms with Gasteiger partial charge in [-0.15, -0.1) is 0 Å². The van der Waals surface area contributed by atoms with E-state index in [1.54, 1.807) is 11.5 Å². The summed E-state index contributed by atoms with van der Waals surface area (Å²) in [4.78, 5) is 9.63. The molecule has 19 heavy (non-hydrogen) atoms. The van der Waals surface area contributed by atoms with Crippen LogP contribution in [0.2, 0.25) is 0 Å². The van der Waals surface area contributed by atoms with Crippen LogP contribution in [0.4, 0.5) is 5.13 Å². The fourth-order valence-corrected chi connectivity index (χ4v) is 3.71. The molecule has 1 atom stereocenters. The van der Waals surface area contributed by atoms with E-state index >= 15 is 0 Å². The molecule has 2 fully saturated rings. The number of rotatable bonds is 4. The summed E-state index contributed by atoms with van der Waals surface area (Å²) in [6.07, 6.45) is 3.48. The van der Waals surface area contributed by atoms with E-state index < -0.39 is 0 Å². The van der Waals surface area contributed by atoms with Gasteiger partial charge in [-0.05, 0) is 12.8 Å². The Hall–Kier alpha value is -0.720. The third-order valence-corrected chi connectivity index (χ3v) is 4.76. The Bertz CT molecular complexity index is 405. The van der Waals surface area contributed by atoms with Crippen molar-refractivity contribution in [2.24, 2.45) is 0 Å². The van der Waals surface area contributed by atoms with Gasteiger partial charge < -0.3 is 9.64 Å². The number of morpholine rings is 1. The molecule has 3 heterocycles. The average Bonchev–Trinajstić information content (AvgIpc) is 3.08. The maximum absolute atomic E-state index is 5.42. The lowest BCUT2D eigenvalue weighted by Gasteiger charge is -2.32. The lowest BCUT2D eigenvalue weighted by atomic mass is 10.2. The summed E-state index contributed by atoms with van der Waals surface area (Å²) >= 11 is 1.56. The zero-order valence-electron chi connectivity index (χ0n) is 11.5. The van der Waals surface area contributed by atoms with Gasteiger partial charge in [0.15, 0.2) is 0 Å². The Labute approximate surface area is 118 Å². The van der Waals surface area contributed by atoms with Gasteiger partial charge in [0, 0.05) is 50.2 Å². The molecule has 2 saturated heterocycles. The quantitative estimate of drug-likeness (QED) is 0.835. The Morgan fingerprint density at radius 2 is 2.16 bits per heavy atom. The highest BCUT2D eigenvalue weighted by Crippen LogP contribution is 2.27. The second kappa shape index (κ2) is 6.15. The first-order valence-electron chi connectivity index (χ1n) is 7.26. The molecule has 0 saturated carbocycles. The average molecular weight is 282 g/mol. The maximum atomic E-state index is 5.42. The van der Waals surface area contributed by atoms with Crippen molar-refractivity contribution in [3.8, 4) is 0 Å². The van der Waals surface area contributed by atoms with Crippen LogP contribution >= 0.6 is 11.5 Å². The van der Waals surface area contributed by atoms with Gasteiger partial charge in [-0.25, -0.2) is 4.98 Å². The van der Waals surface area contributed by atoms with Gasteiger partial charge in [-0.1, -0.05) is 6.92 Å². The van der Waals surface area contributed by atoms with Crippen LogP contribution in [0.3, 0.4) is 0 Å². The smallest absolute Gasteiger partial charge is 0.205 e. The van der Waals surface area contributed by atoms with E-state index in [1.807, 2.05) is 0 Å². The van der Waals surface area contributed by atoms with Crippen LogP contribution in [0.5, 0.6) is 0 Å². The first-order valence-corrected chi connectivity index (χ1v) is 8.03. The van der Waals surface area contributed by atoms with Crippen molar-refractivity contribution in [2.45, 2.75) is 32.2 Å². The molecule has 5 nitrogen and oxygen atoms in total. The van der Waals surface area contributed by atoms with E-state index in [0.717, 1.165) is 56.8 Å². The monoisotopic (exact) mass is 282 g/mol. The highest BCUT2D eigenvalue weighted by atomic mass is 32.1. The fourth-order valence-electron chi connectivity index (χ4n) is 2.86. The molecular weight excluding hydrogens is 260 g/mol. The Kier molecular flexibility index (Phi) is 4.30. The second-order valence-electron chi connectivity index (χ2n) is 5.25. The summed E-state index contributed by atoms with van der Waals surface area (Å²) in [5, 5.41) is 1.12. The lowest BCUT2D eigenvalue weighted by Crippen LogP contribution is -2.45. The summed E-state index contributed by atoms with van der Waals surface area (Å²) in [5.41, 5.74) is 0. The van der Waals surface area contributed by atoms with Crippen molar-refractivity contribution in [1.29, 1.82) is 0 Å². The minimum atomic E-state index is 0.607. The fraction of sp³-hybridized carbons (Fsp3) is 0.846. The molecule has 0 radical (unpaired) electrons. The van der Waals surface area contributed by atoms with Gasteiger partial charge in [0.2, 0.25) is 5.13 Å². The van der Waals surface area contributed by atoms with E-state index in [2.05, 4.69) is 26.1 Å². The number of hydrogen-bond donors (Lipinski definition) is 0. The van der Waals surface area contributed by atoms with Gasteiger partial charge in [-0.3, -0.25) is 4.90 Å². The van der Waals surface area contributed by atoms with Gasteiger partial charge in [0.1, 0.15) is 5.82 Å². The zero-order valence-corrected chi connectivity index (χ0v) is 12.4. The van der Waals surface area contributed by atoms with Crippen LogP contribution in [0.1, 0.15) is 25.6 Å². The van der Waals surface area contributed by atoms with Crippen LogP contribution in [-0.4, -0.2) is 59.7 Å². The summed E-state index contributed by atoms with van der Waals surface area (Å²) in [6.45, 7) is 8.29. The third kappa shape index (κ3) is 3.07. The molecule has 0 bridgehead atoms. The minimum absolute atomic E-state index is 0.607. The summed E-state index contributed by atoms with van der Waals surface area (Å²) in [6, 6.07) is 0.607. The largest absolute Gasteiger partial charge is 0.379 e. The number of hydrogen-bond acceptors (Lipinski definition) is 6. The van der Waals surface area contributed by atoms with E-state index in [1.165, 1.54) is 12.8 Å². The molecular formula is C13H22N4OS. The van der Waals surface area contributed by atoms with E-state index in [-0.39, 0.29) is 0 Å². The predicted molar refractivity (Wildman–Crippen MR) is 76.9 cm³/mol. The first kappa shape index (κ1) is 13.3. The highest BCUT2D eigenvalue weighted by Gasteiger charge is 2.29. The zero-order chi connectivity index (χ0) is 13.1. The Morgan fingerprint density at radius 1 is 1.32 bits per heavy atom. The van der Waals surface area contributed by atoms with E-state index in [9.17, 15) is 0 Å².